The van der Waals surface area contributed by atoms with Crippen LogP contribution in [0.15, 0.2) is 76.8 Å². The number of allylic oxidation sites excluding steroid dienone is 4. The molecule has 6 heterocycles. The van der Waals surface area contributed by atoms with Crippen molar-refractivity contribution in [3.63, 3.8) is 0 Å². The van der Waals surface area contributed by atoms with E-state index in [1.807, 2.05) is 0 Å². The molecule has 9 rings (SSSR count). The first-order valence-corrected chi connectivity index (χ1v) is 25.9. The van der Waals surface area contributed by atoms with Crippen LogP contribution >= 0.6 is 0 Å². The van der Waals surface area contributed by atoms with Crippen LogP contribution in [-0.2, 0) is 28.6 Å². The molecule has 2 fully saturated rings. The number of carbonyl (C=O) groups excluding carboxylic acids is 5. The van der Waals surface area contributed by atoms with Gasteiger partial charge in [-0.15, -0.1) is 0 Å². The van der Waals surface area contributed by atoms with Crippen LogP contribution in [0.3, 0.4) is 0 Å². The van der Waals surface area contributed by atoms with Crippen LogP contribution in [0.1, 0.15) is 106 Å². The highest BCUT2D eigenvalue weighted by Gasteiger charge is 2.54. The lowest BCUT2D eigenvalue weighted by atomic mass is 9.78. The number of nitrogens with zero attached hydrogens (tertiary/aromatic N) is 3. The number of aliphatic hydroxyl groups excluding tert-OH is 2. The van der Waals surface area contributed by atoms with Gasteiger partial charge in [0.15, 0.2) is 0 Å². The maximum absolute atomic E-state index is 14.9. The molecule has 2 saturated heterocycles. The molecule has 7 aliphatic rings. The number of Topliss-reactive ketones (excluding diaryl/α,β-unsaturated/α-hetero) is 2. The van der Waals surface area contributed by atoms with Crippen molar-refractivity contribution in [3.05, 3.63) is 99.9 Å². The highest BCUT2D eigenvalue weighted by Crippen LogP contribution is 2.50. The van der Waals surface area contributed by atoms with E-state index >= 15 is 0 Å². The number of piperidine rings is 1. The van der Waals surface area contributed by atoms with Crippen LogP contribution in [-0.4, -0.2) is 142 Å². The van der Waals surface area contributed by atoms with E-state index in [0.29, 0.717) is 50.6 Å². The molecule has 5 bridgehead atoms. The summed E-state index contributed by atoms with van der Waals surface area (Å²) >= 11 is 0. The molecular formula is C56H71FN6O12. The number of benzene rings is 2. The van der Waals surface area contributed by atoms with Gasteiger partial charge in [0.2, 0.25) is 11.7 Å². The lowest BCUT2D eigenvalue weighted by Crippen LogP contribution is -2.57. The Balaban J connectivity index is 1.12. The van der Waals surface area contributed by atoms with Crippen molar-refractivity contribution >= 4 is 40.7 Å². The van der Waals surface area contributed by atoms with Gasteiger partial charge in [-0.3, -0.25) is 29.0 Å². The number of fused-ring (bicyclic) bond motifs is 13. The van der Waals surface area contributed by atoms with Gasteiger partial charge in [0.1, 0.15) is 41.2 Å². The fourth-order valence-electron chi connectivity index (χ4n) is 11.1. The van der Waals surface area contributed by atoms with E-state index < -0.39 is 101 Å². The quantitative estimate of drug-likeness (QED) is 0.143. The number of ether oxygens (including phenoxy) is 4. The number of hydrogen-bond donors (Lipinski definition) is 6. The number of nitrogens with one attached hydrogen (secondary N) is 3. The van der Waals surface area contributed by atoms with E-state index in [0.717, 1.165) is 6.54 Å². The topological polar surface area (TPSA) is 238 Å². The van der Waals surface area contributed by atoms with Crippen LogP contribution in [0.25, 0.3) is 0 Å². The maximum atomic E-state index is 14.9. The normalized spacial score (nSPS) is 30.8. The monoisotopic (exact) mass is 1040 g/mol. The van der Waals surface area contributed by atoms with Gasteiger partial charge in [0.25, 0.3) is 11.7 Å². The zero-order valence-electron chi connectivity index (χ0n) is 44.4. The summed E-state index contributed by atoms with van der Waals surface area (Å²) in [5, 5.41) is 45.1. The molecule has 404 valence electrons. The van der Waals surface area contributed by atoms with Crippen LogP contribution in [0.4, 0.5) is 10.1 Å². The molecule has 0 unspecified atom stereocenters. The van der Waals surface area contributed by atoms with Crippen molar-refractivity contribution in [2.24, 2.45) is 34.6 Å². The number of methoxy groups -OCH3 is 1. The highest BCUT2D eigenvalue weighted by atomic mass is 19.1. The second-order valence-corrected chi connectivity index (χ2v) is 21.7. The van der Waals surface area contributed by atoms with E-state index in [-0.39, 0.29) is 62.5 Å². The summed E-state index contributed by atoms with van der Waals surface area (Å²) in [6, 6.07) is 5.75. The number of likely N-dealkylation sites (tertiary alicyclic amines) is 2. The SMILES string of the molecule is CO[C@H]1/C=C/O[C@@]2(C)Oc3c(C)c(O)c4c(c3C2=O)C2=NC3(CCN(CC(C)C)CC3)NC2=C(NC(=O)/C(C)=C\C=C\[C@H](C)[C@H](O)[C@@H](C)[C@@H](O)[C@@H](C)[C@H](OC(=O)CC(=O)N2CC(Nc3ccc(F)cc3)C2)[C@@H]1C)C4=O. The summed E-state index contributed by atoms with van der Waals surface area (Å²) in [6.07, 6.45) is 3.57. The molecule has 2 amide bonds. The molecule has 19 heteroatoms. The Morgan fingerprint density at radius 3 is 2.28 bits per heavy atom. The number of amides is 2. The molecule has 1 aliphatic carbocycles. The molecule has 0 radical (unpaired) electrons. The van der Waals surface area contributed by atoms with E-state index in [1.54, 1.807) is 58.9 Å². The van der Waals surface area contributed by atoms with Gasteiger partial charge >= 0.3 is 11.8 Å². The zero-order chi connectivity index (χ0) is 54.4. The predicted molar refractivity (Wildman–Crippen MR) is 276 cm³/mol. The summed E-state index contributed by atoms with van der Waals surface area (Å²) in [5.41, 5.74) is 0.179. The molecule has 18 nitrogen and oxygen atoms in total. The van der Waals surface area contributed by atoms with Crippen molar-refractivity contribution in [2.45, 2.75) is 123 Å². The van der Waals surface area contributed by atoms with Crippen LogP contribution in [0.2, 0.25) is 0 Å². The second-order valence-electron chi connectivity index (χ2n) is 21.7. The Morgan fingerprint density at radius 2 is 1.63 bits per heavy atom. The van der Waals surface area contributed by atoms with Crippen LogP contribution < -0.4 is 20.7 Å². The first-order chi connectivity index (χ1) is 35.5. The third kappa shape index (κ3) is 10.9. The van der Waals surface area contributed by atoms with Crippen molar-refractivity contribution in [2.75, 3.05) is 45.2 Å². The number of anilines is 1. The Hall–Kier alpha value is -6.41. The number of phenols is 1. The lowest BCUT2D eigenvalue weighted by molar-refractivity contribution is -0.166. The average molecular weight is 1040 g/mol. The smallest absolute Gasteiger partial charge is 0.315 e. The molecule has 1 spiro atoms. The Labute approximate surface area is 437 Å². The van der Waals surface area contributed by atoms with E-state index in [1.165, 1.54) is 56.4 Å². The lowest BCUT2D eigenvalue weighted by Gasteiger charge is -2.40. The fraction of sp³-hybridized carbons (Fsp3) is 0.536. The highest BCUT2D eigenvalue weighted by molar-refractivity contribution is 6.34. The molecule has 0 saturated carbocycles. The van der Waals surface area contributed by atoms with Crippen molar-refractivity contribution in [1.29, 1.82) is 0 Å². The van der Waals surface area contributed by atoms with Gasteiger partial charge in [-0.1, -0.05) is 59.8 Å². The van der Waals surface area contributed by atoms with Crippen molar-refractivity contribution < 1.29 is 62.6 Å². The van der Waals surface area contributed by atoms with E-state index in [4.69, 9.17) is 23.9 Å². The second kappa shape index (κ2) is 21.7. The minimum atomic E-state index is -2.05. The van der Waals surface area contributed by atoms with Crippen LogP contribution in [0, 0.1) is 42.3 Å². The Bertz CT molecular complexity index is 2760. The van der Waals surface area contributed by atoms with E-state index in [9.17, 15) is 43.7 Å². The molecule has 9 atom stereocenters. The first kappa shape index (κ1) is 54.8. The molecule has 0 aromatic heterocycles. The average Bonchev–Trinajstić information content (AvgIpc) is 3.86. The Morgan fingerprint density at radius 1 is 0.947 bits per heavy atom. The number of halogens is 1. The summed E-state index contributed by atoms with van der Waals surface area (Å²) in [6.45, 7) is 18.5. The van der Waals surface area contributed by atoms with Gasteiger partial charge in [0.05, 0.1) is 53.2 Å². The molecular weight excluding hydrogens is 968 g/mol. The molecule has 2 aromatic carbocycles. The summed E-state index contributed by atoms with van der Waals surface area (Å²) in [4.78, 5) is 80.0. The van der Waals surface area contributed by atoms with Crippen molar-refractivity contribution in [3.8, 4) is 11.5 Å². The third-order valence-electron chi connectivity index (χ3n) is 15.7. The molecule has 6 aliphatic heterocycles. The number of aliphatic imine (C=N–C) groups is 1. The summed E-state index contributed by atoms with van der Waals surface area (Å²) < 4.78 is 38.0. The summed E-state index contributed by atoms with van der Waals surface area (Å²) in [7, 11) is 1.42. The number of hydrogen-bond acceptors (Lipinski definition) is 16. The number of rotatable bonds is 8. The first-order valence-electron chi connectivity index (χ1n) is 25.9. The van der Waals surface area contributed by atoms with E-state index in [2.05, 4.69) is 34.7 Å². The number of phenolic OH excluding ortho intramolecular Hbond substituents is 1. The van der Waals surface area contributed by atoms with Gasteiger partial charge in [-0.2, -0.15) is 0 Å². The zero-order valence-corrected chi connectivity index (χ0v) is 44.4. The Kier molecular flexibility index (Phi) is 15.8. The van der Waals surface area contributed by atoms with Gasteiger partial charge < -0.3 is 60.0 Å². The van der Waals surface area contributed by atoms with Gasteiger partial charge in [-0.25, -0.2) is 4.39 Å². The number of aliphatic hydroxyl groups is 2. The third-order valence-corrected chi connectivity index (χ3v) is 15.7. The van der Waals surface area contributed by atoms with Crippen molar-refractivity contribution in [1.82, 2.24) is 20.4 Å². The summed E-state index contributed by atoms with van der Waals surface area (Å²) in [5.74, 6) is -8.79. The molecule has 75 heavy (non-hydrogen) atoms. The fourth-order valence-corrected chi connectivity index (χ4v) is 11.1. The molecule has 2 aromatic rings. The van der Waals surface area contributed by atoms with Gasteiger partial charge in [0, 0.05) is 106 Å². The standard InChI is InChI=1S/C56H71FN6O12/c1-28(2)25-62-21-19-56(20-22-62)60-44-41-42-49(68)34(8)52-43(41)53(70)55(9,75-52)73-23-18-38(72-10)31(5)51(74-40(65)24-39(64)63-26-37(27-63)58-36-16-14-35(57)15-17-36)33(7)48(67)32(6)47(66)29(3)12-11-13-30(4)54(71)59-46(50(42)69)45(44)61-56/h11-18,23,28-29,31-33,37-38,47-48,51,58,61,66-68H,19-22,24-27H2,1-10H3,(H,59,71)/b12-11+,23-18+,30-13-/t29-,31+,32+,33+,38-,47-,48+,51+,55-/m0/s1. The number of esters is 1. The maximum Gasteiger partial charge on any atom is 0.315 e. The molecule has 6 N–H and O–H groups in total. The largest absolute Gasteiger partial charge is 0.507 e. The number of carbonyl (C=O) groups is 5. The number of ketones is 2. The number of aromatic hydroxyl groups is 1. The minimum absolute atomic E-state index is 0.0114. The van der Waals surface area contributed by atoms with Crippen LogP contribution in [0.5, 0.6) is 11.5 Å². The minimum Gasteiger partial charge on any atom is -0.507 e. The van der Waals surface area contributed by atoms with Gasteiger partial charge in [-0.05, 0) is 50.1 Å². The predicted octanol–water partition coefficient (Wildman–Crippen LogP) is 5.45.